The van der Waals surface area contributed by atoms with E-state index in [-0.39, 0.29) is 11.5 Å². The third-order valence-corrected chi connectivity index (χ3v) is 5.41. The van der Waals surface area contributed by atoms with E-state index in [1.54, 1.807) is 24.5 Å². The fraction of sp³-hybridized carbons (Fsp3) is 0. The standard InChI is InChI=1S/C28H20N2O2/c31-27-13-11-21(15-23(27)19-7-3-1-4-8-19)25-17-30-26(18-29-25)22-12-14-28(32)24(16-22)20-9-5-2-6-10-20/h1-18,31-32H. The highest BCUT2D eigenvalue weighted by Gasteiger charge is 2.11. The number of hydrogen-bond acceptors (Lipinski definition) is 4. The molecule has 0 unspecified atom stereocenters. The number of rotatable bonds is 4. The van der Waals surface area contributed by atoms with Gasteiger partial charge in [0.2, 0.25) is 0 Å². The van der Waals surface area contributed by atoms with Crippen molar-refractivity contribution in [2.24, 2.45) is 0 Å². The highest BCUT2D eigenvalue weighted by molar-refractivity contribution is 5.78. The Kier molecular flexibility index (Phi) is 5.10. The maximum absolute atomic E-state index is 10.3. The molecule has 0 radical (unpaired) electrons. The average Bonchev–Trinajstić information content (AvgIpc) is 2.86. The van der Waals surface area contributed by atoms with E-state index < -0.39 is 0 Å². The molecule has 0 aliphatic rings. The van der Waals surface area contributed by atoms with Crippen LogP contribution in [0.1, 0.15) is 0 Å². The summed E-state index contributed by atoms with van der Waals surface area (Å²) in [6, 6.07) is 30.4. The van der Waals surface area contributed by atoms with Crippen molar-refractivity contribution < 1.29 is 10.2 Å². The third kappa shape index (κ3) is 3.82. The van der Waals surface area contributed by atoms with Crippen molar-refractivity contribution in [3.05, 3.63) is 109 Å². The van der Waals surface area contributed by atoms with Gasteiger partial charge >= 0.3 is 0 Å². The van der Waals surface area contributed by atoms with Gasteiger partial charge in [0.1, 0.15) is 11.5 Å². The molecular weight excluding hydrogens is 396 g/mol. The fourth-order valence-corrected chi connectivity index (χ4v) is 3.71. The van der Waals surface area contributed by atoms with Gasteiger partial charge in [-0.05, 0) is 47.5 Å². The molecule has 0 spiro atoms. The molecule has 1 aromatic heterocycles. The lowest BCUT2D eigenvalue weighted by Gasteiger charge is -2.10. The van der Waals surface area contributed by atoms with Crippen LogP contribution in [0.15, 0.2) is 109 Å². The first-order valence-electron chi connectivity index (χ1n) is 10.3. The molecule has 0 atom stereocenters. The first kappa shape index (κ1) is 19.5. The lowest BCUT2D eigenvalue weighted by molar-refractivity contribution is 0.477. The summed E-state index contributed by atoms with van der Waals surface area (Å²) in [6.07, 6.45) is 3.46. The highest BCUT2D eigenvalue weighted by atomic mass is 16.3. The molecule has 4 aromatic carbocycles. The number of benzene rings is 4. The predicted molar refractivity (Wildman–Crippen MR) is 127 cm³/mol. The molecule has 0 aliphatic carbocycles. The largest absolute Gasteiger partial charge is 0.507 e. The summed E-state index contributed by atoms with van der Waals surface area (Å²) < 4.78 is 0. The quantitative estimate of drug-likeness (QED) is 0.348. The predicted octanol–water partition coefficient (Wildman–Crippen LogP) is 6.56. The number of phenols is 2. The fourth-order valence-electron chi connectivity index (χ4n) is 3.71. The zero-order chi connectivity index (χ0) is 21.9. The van der Waals surface area contributed by atoms with Crippen molar-refractivity contribution in [3.63, 3.8) is 0 Å². The monoisotopic (exact) mass is 416 g/mol. The van der Waals surface area contributed by atoms with Gasteiger partial charge in [0.05, 0.1) is 23.8 Å². The van der Waals surface area contributed by atoms with Crippen LogP contribution >= 0.6 is 0 Å². The summed E-state index contributed by atoms with van der Waals surface area (Å²) in [6.45, 7) is 0. The topological polar surface area (TPSA) is 66.2 Å². The van der Waals surface area contributed by atoms with Gasteiger partial charge in [-0.15, -0.1) is 0 Å². The maximum Gasteiger partial charge on any atom is 0.123 e. The van der Waals surface area contributed by atoms with Crippen LogP contribution in [0.25, 0.3) is 44.8 Å². The molecule has 0 bridgehead atoms. The molecule has 0 fully saturated rings. The molecule has 5 aromatic rings. The van der Waals surface area contributed by atoms with Crippen LogP contribution in [0.5, 0.6) is 11.5 Å². The summed E-state index contributed by atoms with van der Waals surface area (Å²) in [4.78, 5) is 9.22. The minimum absolute atomic E-state index is 0.224. The first-order valence-corrected chi connectivity index (χ1v) is 10.3. The molecule has 2 N–H and O–H groups in total. The van der Waals surface area contributed by atoms with Crippen molar-refractivity contribution in [2.45, 2.75) is 0 Å². The average molecular weight is 416 g/mol. The zero-order valence-corrected chi connectivity index (χ0v) is 17.2. The van der Waals surface area contributed by atoms with Gasteiger partial charge in [-0.25, -0.2) is 0 Å². The highest BCUT2D eigenvalue weighted by Crippen LogP contribution is 2.35. The van der Waals surface area contributed by atoms with Gasteiger partial charge in [-0.3, -0.25) is 9.97 Å². The van der Waals surface area contributed by atoms with Gasteiger partial charge in [-0.2, -0.15) is 0 Å². The number of hydrogen-bond donors (Lipinski definition) is 2. The Bertz CT molecular complexity index is 1260. The Labute approximate surface area is 186 Å². The van der Waals surface area contributed by atoms with Gasteiger partial charge < -0.3 is 10.2 Å². The van der Waals surface area contributed by atoms with Crippen molar-refractivity contribution in [1.29, 1.82) is 0 Å². The van der Waals surface area contributed by atoms with Gasteiger partial charge in [0.25, 0.3) is 0 Å². The minimum atomic E-state index is 0.224. The van der Waals surface area contributed by atoms with Crippen LogP contribution in [0.4, 0.5) is 0 Å². The SMILES string of the molecule is Oc1ccc(-c2cnc(-c3ccc(O)c(-c4ccccc4)c3)cn2)cc1-c1ccccc1. The van der Waals surface area contributed by atoms with Crippen molar-refractivity contribution in [2.75, 3.05) is 0 Å². The molecular formula is C28H20N2O2. The maximum atomic E-state index is 10.3. The molecule has 0 saturated carbocycles. The van der Waals surface area contributed by atoms with E-state index in [1.165, 1.54) is 0 Å². The van der Waals surface area contributed by atoms with E-state index in [4.69, 9.17) is 0 Å². The summed E-state index contributed by atoms with van der Waals surface area (Å²) in [7, 11) is 0. The Balaban J connectivity index is 1.48. The molecule has 32 heavy (non-hydrogen) atoms. The van der Waals surface area contributed by atoms with Crippen molar-refractivity contribution in [3.8, 4) is 56.3 Å². The molecule has 0 saturated heterocycles. The van der Waals surface area contributed by atoms with Crippen molar-refractivity contribution in [1.82, 2.24) is 9.97 Å². The summed E-state index contributed by atoms with van der Waals surface area (Å²) in [5.74, 6) is 0.448. The Morgan fingerprint density at radius 2 is 0.844 bits per heavy atom. The smallest absolute Gasteiger partial charge is 0.123 e. The van der Waals surface area contributed by atoms with Crippen LogP contribution in [-0.2, 0) is 0 Å². The normalized spacial score (nSPS) is 10.8. The molecule has 0 amide bonds. The Hall–Kier alpha value is -4.44. The van der Waals surface area contributed by atoms with E-state index in [0.717, 1.165) is 33.4 Å². The van der Waals surface area contributed by atoms with Crippen LogP contribution in [-0.4, -0.2) is 20.2 Å². The Morgan fingerprint density at radius 1 is 0.438 bits per heavy atom. The summed E-state index contributed by atoms with van der Waals surface area (Å²) >= 11 is 0. The van der Waals surface area contributed by atoms with E-state index in [0.29, 0.717) is 11.4 Å². The molecule has 4 heteroatoms. The lowest BCUT2D eigenvalue weighted by atomic mass is 10.00. The van der Waals surface area contributed by atoms with Gasteiger partial charge in [0, 0.05) is 22.3 Å². The van der Waals surface area contributed by atoms with E-state index in [1.807, 2.05) is 84.9 Å². The molecule has 154 valence electrons. The third-order valence-electron chi connectivity index (χ3n) is 5.41. The van der Waals surface area contributed by atoms with E-state index in [9.17, 15) is 10.2 Å². The number of nitrogens with zero attached hydrogens (tertiary/aromatic N) is 2. The second kappa shape index (κ2) is 8.36. The number of aromatic hydroxyl groups is 2. The summed E-state index contributed by atoms with van der Waals surface area (Å²) in [5, 5.41) is 20.6. The van der Waals surface area contributed by atoms with Crippen LogP contribution in [0, 0.1) is 0 Å². The zero-order valence-electron chi connectivity index (χ0n) is 17.2. The van der Waals surface area contributed by atoms with Crippen LogP contribution in [0.3, 0.4) is 0 Å². The molecule has 5 rings (SSSR count). The number of phenolic OH excluding ortho intramolecular Hbond substituents is 2. The number of aromatic nitrogens is 2. The van der Waals surface area contributed by atoms with Crippen LogP contribution < -0.4 is 0 Å². The second-order valence-corrected chi connectivity index (χ2v) is 7.48. The van der Waals surface area contributed by atoms with Crippen LogP contribution in [0.2, 0.25) is 0 Å². The van der Waals surface area contributed by atoms with Gasteiger partial charge in [-0.1, -0.05) is 60.7 Å². The molecule has 1 heterocycles. The molecule has 4 nitrogen and oxygen atoms in total. The molecule has 0 aliphatic heterocycles. The van der Waals surface area contributed by atoms with E-state index in [2.05, 4.69) is 9.97 Å². The lowest BCUT2D eigenvalue weighted by Crippen LogP contribution is -1.91. The summed E-state index contributed by atoms with van der Waals surface area (Å²) in [5.41, 5.74) is 6.55. The van der Waals surface area contributed by atoms with Crippen molar-refractivity contribution >= 4 is 0 Å². The second-order valence-electron chi connectivity index (χ2n) is 7.48. The van der Waals surface area contributed by atoms with E-state index >= 15 is 0 Å². The Morgan fingerprint density at radius 3 is 1.22 bits per heavy atom. The minimum Gasteiger partial charge on any atom is -0.507 e. The van der Waals surface area contributed by atoms with Gasteiger partial charge in [0.15, 0.2) is 0 Å². The first-order chi connectivity index (χ1) is 15.7.